The number of rotatable bonds is 6. The van der Waals surface area contributed by atoms with Crippen molar-refractivity contribution in [2.45, 2.75) is 26.3 Å². The lowest BCUT2D eigenvalue weighted by atomic mass is 10.0. The molecule has 18 heavy (non-hydrogen) atoms. The van der Waals surface area contributed by atoms with Crippen molar-refractivity contribution in [3.05, 3.63) is 24.0 Å². The zero-order chi connectivity index (χ0) is 13.7. The number of hydrogen-bond donors (Lipinski definition) is 2. The number of nitrogens with two attached hydrogens (primary N) is 1. The first-order chi connectivity index (χ1) is 8.38. The summed E-state index contributed by atoms with van der Waals surface area (Å²) in [4.78, 5) is 2.11. The van der Waals surface area contributed by atoms with Gasteiger partial charge in [-0.1, -0.05) is 13.8 Å². The average Bonchev–Trinajstić information content (AvgIpc) is 2.20. The summed E-state index contributed by atoms with van der Waals surface area (Å²) in [5.74, 6) is 0.279. The highest BCUT2D eigenvalue weighted by molar-refractivity contribution is 5.53. The van der Waals surface area contributed by atoms with Gasteiger partial charge in [0, 0.05) is 18.3 Å². The lowest BCUT2D eigenvalue weighted by molar-refractivity contribution is 0.356. The highest BCUT2D eigenvalue weighted by atomic mass is 19.1. The van der Waals surface area contributed by atoms with E-state index in [-0.39, 0.29) is 11.9 Å². The minimum absolute atomic E-state index is 0.234. The first-order valence-electron chi connectivity index (χ1n) is 6.34. The highest BCUT2D eigenvalue weighted by Gasteiger charge is 2.13. The minimum atomic E-state index is -0.289. The van der Waals surface area contributed by atoms with E-state index in [0.717, 1.165) is 13.0 Å². The largest absolute Gasteiger partial charge is 0.399 e. The Kier molecular flexibility index (Phi) is 5.41. The number of hydrogen-bond acceptors (Lipinski definition) is 3. The van der Waals surface area contributed by atoms with Gasteiger partial charge in [-0.25, -0.2) is 4.39 Å². The number of anilines is 2. The Morgan fingerprint density at radius 3 is 2.50 bits per heavy atom. The summed E-state index contributed by atoms with van der Waals surface area (Å²) < 4.78 is 13.7. The van der Waals surface area contributed by atoms with E-state index in [1.54, 1.807) is 12.1 Å². The molecule has 0 radical (unpaired) electrons. The normalized spacial score (nSPS) is 13.1. The topological polar surface area (TPSA) is 41.3 Å². The van der Waals surface area contributed by atoms with Crippen LogP contribution in [0.1, 0.15) is 20.3 Å². The second kappa shape index (κ2) is 6.59. The van der Waals surface area contributed by atoms with E-state index < -0.39 is 0 Å². The van der Waals surface area contributed by atoms with Gasteiger partial charge < -0.3 is 16.0 Å². The van der Waals surface area contributed by atoms with E-state index >= 15 is 0 Å². The van der Waals surface area contributed by atoms with Crippen molar-refractivity contribution < 1.29 is 4.39 Å². The summed E-state index contributed by atoms with van der Waals surface area (Å²) in [6.45, 7) is 5.22. The van der Waals surface area contributed by atoms with Crippen LogP contribution in [0.25, 0.3) is 0 Å². The van der Waals surface area contributed by atoms with Crippen LogP contribution in [0.3, 0.4) is 0 Å². The van der Waals surface area contributed by atoms with E-state index in [2.05, 4.69) is 24.1 Å². The van der Waals surface area contributed by atoms with E-state index in [9.17, 15) is 4.39 Å². The molecule has 1 atom stereocenters. The molecule has 4 heteroatoms. The van der Waals surface area contributed by atoms with Crippen LogP contribution in [-0.4, -0.2) is 31.6 Å². The third-order valence-electron chi connectivity index (χ3n) is 2.69. The molecule has 0 saturated carbocycles. The number of halogens is 1. The summed E-state index contributed by atoms with van der Waals surface area (Å²) in [6, 6.07) is 5.00. The first kappa shape index (κ1) is 14.8. The molecule has 3 nitrogen and oxygen atoms in total. The van der Waals surface area contributed by atoms with Crippen LogP contribution in [0.2, 0.25) is 0 Å². The summed E-state index contributed by atoms with van der Waals surface area (Å²) in [7, 11) is 4.04. The van der Waals surface area contributed by atoms with Crippen molar-refractivity contribution in [2.75, 3.05) is 31.7 Å². The van der Waals surface area contributed by atoms with E-state index in [4.69, 9.17) is 5.73 Å². The summed E-state index contributed by atoms with van der Waals surface area (Å²) in [6.07, 6.45) is 1.00. The smallest absolute Gasteiger partial charge is 0.148 e. The molecule has 0 amide bonds. The van der Waals surface area contributed by atoms with Gasteiger partial charge in [0.25, 0.3) is 0 Å². The van der Waals surface area contributed by atoms with Crippen molar-refractivity contribution in [2.24, 2.45) is 5.92 Å². The average molecular weight is 253 g/mol. The molecule has 0 aliphatic rings. The Bertz CT molecular complexity index is 367. The number of nitrogen functional groups attached to an aromatic ring is 1. The van der Waals surface area contributed by atoms with E-state index in [1.165, 1.54) is 6.07 Å². The zero-order valence-electron chi connectivity index (χ0n) is 11.7. The first-order valence-corrected chi connectivity index (χ1v) is 6.34. The molecule has 1 unspecified atom stereocenters. The van der Waals surface area contributed by atoms with Crippen molar-refractivity contribution in [1.29, 1.82) is 0 Å². The van der Waals surface area contributed by atoms with Gasteiger partial charge in [0.2, 0.25) is 0 Å². The Labute approximate surface area is 109 Å². The van der Waals surface area contributed by atoms with E-state index in [1.807, 2.05) is 14.1 Å². The molecule has 1 rings (SSSR count). The summed E-state index contributed by atoms with van der Waals surface area (Å²) in [5.41, 5.74) is 6.52. The SMILES string of the molecule is CC(C)CC(CN(C)C)Nc1ccc(N)cc1F. The second-order valence-corrected chi connectivity index (χ2v) is 5.47. The maximum absolute atomic E-state index is 13.7. The van der Waals surface area contributed by atoms with Crippen molar-refractivity contribution in [1.82, 2.24) is 4.90 Å². The van der Waals surface area contributed by atoms with Crippen LogP contribution in [0, 0.1) is 11.7 Å². The summed E-state index contributed by atoms with van der Waals surface area (Å²) >= 11 is 0. The monoisotopic (exact) mass is 253 g/mol. The van der Waals surface area contributed by atoms with Crippen molar-refractivity contribution >= 4 is 11.4 Å². The molecule has 1 aromatic carbocycles. The molecule has 3 N–H and O–H groups in total. The van der Waals surface area contributed by atoms with Gasteiger partial charge in [0.1, 0.15) is 5.82 Å². The minimum Gasteiger partial charge on any atom is -0.399 e. The van der Waals surface area contributed by atoms with Crippen LogP contribution in [0.15, 0.2) is 18.2 Å². The third-order valence-corrected chi connectivity index (χ3v) is 2.69. The Hall–Kier alpha value is -1.29. The van der Waals surface area contributed by atoms with Crippen LogP contribution in [-0.2, 0) is 0 Å². The van der Waals surface area contributed by atoms with Gasteiger partial charge in [-0.3, -0.25) is 0 Å². The fraction of sp³-hybridized carbons (Fsp3) is 0.571. The molecule has 0 saturated heterocycles. The predicted molar refractivity (Wildman–Crippen MR) is 76.2 cm³/mol. The Morgan fingerprint density at radius 2 is 2.00 bits per heavy atom. The van der Waals surface area contributed by atoms with Gasteiger partial charge in [0.15, 0.2) is 0 Å². The van der Waals surface area contributed by atoms with Gasteiger partial charge in [0.05, 0.1) is 5.69 Å². The molecule has 1 aromatic rings. The third kappa shape index (κ3) is 4.92. The van der Waals surface area contributed by atoms with Crippen LogP contribution in [0.4, 0.5) is 15.8 Å². The maximum Gasteiger partial charge on any atom is 0.148 e. The molecule has 0 spiro atoms. The Morgan fingerprint density at radius 1 is 1.33 bits per heavy atom. The van der Waals surface area contributed by atoms with Gasteiger partial charge in [-0.2, -0.15) is 0 Å². The lowest BCUT2D eigenvalue weighted by Crippen LogP contribution is -2.33. The fourth-order valence-corrected chi connectivity index (χ4v) is 2.06. The lowest BCUT2D eigenvalue weighted by Gasteiger charge is -2.25. The molecule has 0 bridgehead atoms. The van der Waals surface area contributed by atoms with Gasteiger partial charge in [-0.05, 0) is 44.6 Å². The Balaban J connectivity index is 2.75. The number of nitrogens with zero attached hydrogens (tertiary/aromatic N) is 1. The van der Waals surface area contributed by atoms with Crippen LogP contribution >= 0.6 is 0 Å². The van der Waals surface area contributed by atoms with Crippen molar-refractivity contribution in [3.63, 3.8) is 0 Å². The summed E-state index contributed by atoms with van der Waals surface area (Å²) in [5, 5.41) is 3.26. The quantitative estimate of drug-likeness (QED) is 0.766. The number of likely N-dealkylation sites (N-methyl/N-ethyl adjacent to an activating group) is 1. The van der Waals surface area contributed by atoms with E-state index in [0.29, 0.717) is 17.3 Å². The molecule has 0 aliphatic heterocycles. The molecule has 102 valence electrons. The molecular weight excluding hydrogens is 229 g/mol. The molecule has 0 aliphatic carbocycles. The van der Waals surface area contributed by atoms with Crippen LogP contribution in [0.5, 0.6) is 0 Å². The van der Waals surface area contributed by atoms with Crippen LogP contribution < -0.4 is 11.1 Å². The molecule has 0 aromatic heterocycles. The second-order valence-electron chi connectivity index (χ2n) is 5.47. The number of nitrogens with one attached hydrogen (secondary N) is 1. The molecule has 0 heterocycles. The molecule has 0 fully saturated rings. The standard InChI is InChI=1S/C14H24FN3/c1-10(2)7-12(9-18(3)4)17-14-6-5-11(16)8-13(14)15/h5-6,8,10,12,17H,7,9,16H2,1-4H3. The van der Waals surface area contributed by atoms with Crippen molar-refractivity contribution in [3.8, 4) is 0 Å². The fourth-order valence-electron chi connectivity index (χ4n) is 2.06. The molecular formula is C14H24FN3. The maximum atomic E-state index is 13.7. The highest BCUT2D eigenvalue weighted by Crippen LogP contribution is 2.19. The number of benzene rings is 1. The van der Waals surface area contributed by atoms with Gasteiger partial charge >= 0.3 is 0 Å². The van der Waals surface area contributed by atoms with Gasteiger partial charge in [-0.15, -0.1) is 0 Å². The predicted octanol–water partition coefficient (Wildman–Crippen LogP) is 2.80. The zero-order valence-corrected chi connectivity index (χ0v) is 11.7.